The van der Waals surface area contributed by atoms with Crippen LogP contribution in [0.3, 0.4) is 0 Å². The number of nitriles is 1. The van der Waals surface area contributed by atoms with Crippen molar-refractivity contribution in [3.05, 3.63) is 56.2 Å². The average Bonchev–Trinajstić information content (AvgIpc) is 2.99. The molecule has 1 aromatic carbocycles. The number of amides is 2. The molecule has 5 nitrogen and oxygen atoms in total. The maximum atomic E-state index is 13.8. The molecule has 1 heterocycles. The van der Waals surface area contributed by atoms with Gasteiger partial charge >= 0.3 is 0 Å². The standard InChI is InChI=1S/C16H12BrF2N3O2S/c1-8(21-16(24)13-4-5-14(17)25-13)15(23)22-12(7-20)10-3-2-9(18)6-11(10)19/h2-6,8,12H,1H3,(H,21,24)(H,22,23). The van der Waals surface area contributed by atoms with Crippen molar-refractivity contribution in [3.63, 3.8) is 0 Å². The zero-order valence-electron chi connectivity index (χ0n) is 12.8. The van der Waals surface area contributed by atoms with E-state index in [4.69, 9.17) is 5.26 Å². The fourth-order valence-electron chi connectivity index (χ4n) is 1.95. The van der Waals surface area contributed by atoms with Crippen molar-refractivity contribution in [2.45, 2.75) is 19.0 Å². The van der Waals surface area contributed by atoms with E-state index in [1.54, 1.807) is 18.2 Å². The molecule has 0 spiro atoms. The molecule has 0 radical (unpaired) electrons. The predicted molar refractivity (Wildman–Crippen MR) is 91.8 cm³/mol. The monoisotopic (exact) mass is 427 g/mol. The summed E-state index contributed by atoms with van der Waals surface area (Å²) in [6.07, 6.45) is 0. The van der Waals surface area contributed by atoms with Gasteiger partial charge in [-0.15, -0.1) is 11.3 Å². The lowest BCUT2D eigenvalue weighted by molar-refractivity contribution is -0.123. The molecule has 0 fully saturated rings. The molecule has 2 unspecified atom stereocenters. The second kappa shape index (κ2) is 8.18. The summed E-state index contributed by atoms with van der Waals surface area (Å²) >= 11 is 4.44. The number of rotatable bonds is 5. The Labute approximate surface area is 154 Å². The molecule has 130 valence electrons. The Morgan fingerprint density at radius 3 is 2.52 bits per heavy atom. The zero-order chi connectivity index (χ0) is 18.6. The van der Waals surface area contributed by atoms with Gasteiger partial charge in [-0.2, -0.15) is 5.26 Å². The van der Waals surface area contributed by atoms with Crippen LogP contribution in [0.15, 0.2) is 34.1 Å². The van der Waals surface area contributed by atoms with Crippen LogP contribution in [0.1, 0.15) is 28.2 Å². The van der Waals surface area contributed by atoms with Crippen LogP contribution in [-0.4, -0.2) is 17.9 Å². The number of benzene rings is 1. The third kappa shape index (κ3) is 4.84. The first-order valence-corrected chi connectivity index (χ1v) is 8.64. The first-order chi connectivity index (χ1) is 11.8. The minimum absolute atomic E-state index is 0.155. The fourth-order valence-corrected chi connectivity index (χ4v) is 3.24. The van der Waals surface area contributed by atoms with Crippen LogP contribution in [0.5, 0.6) is 0 Å². The van der Waals surface area contributed by atoms with Gasteiger partial charge in [0.25, 0.3) is 5.91 Å². The molecule has 2 N–H and O–H groups in total. The van der Waals surface area contributed by atoms with E-state index in [0.29, 0.717) is 10.9 Å². The maximum Gasteiger partial charge on any atom is 0.262 e. The van der Waals surface area contributed by atoms with Gasteiger partial charge < -0.3 is 10.6 Å². The Hall–Kier alpha value is -2.31. The normalized spacial score (nSPS) is 12.8. The number of carbonyl (C=O) groups excluding carboxylic acids is 2. The van der Waals surface area contributed by atoms with E-state index in [-0.39, 0.29) is 5.56 Å². The summed E-state index contributed by atoms with van der Waals surface area (Å²) in [5, 5.41) is 14.0. The lowest BCUT2D eigenvalue weighted by Gasteiger charge is -2.17. The number of nitrogens with zero attached hydrogens (tertiary/aromatic N) is 1. The minimum atomic E-state index is -1.30. The van der Waals surface area contributed by atoms with Crippen LogP contribution in [0, 0.1) is 23.0 Å². The highest BCUT2D eigenvalue weighted by Gasteiger charge is 2.23. The topological polar surface area (TPSA) is 82.0 Å². The van der Waals surface area contributed by atoms with Crippen molar-refractivity contribution in [1.82, 2.24) is 10.6 Å². The Bertz CT molecular complexity index is 850. The van der Waals surface area contributed by atoms with Gasteiger partial charge in [0.2, 0.25) is 5.91 Å². The second-order valence-corrected chi connectivity index (χ2v) is 7.50. The molecule has 9 heteroatoms. The van der Waals surface area contributed by atoms with E-state index in [0.717, 1.165) is 15.9 Å². The molecule has 0 saturated carbocycles. The van der Waals surface area contributed by atoms with Crippen molar-refractivity contribution in [2.24, 2.45) is 0 Å². The average molecular weight is 428 g/mol. The Morgan fingerprint density at radius 1 is 1.24 bits per heavy atom. The zero-order valence-corrected chi connectivity index (χ0v) is 15.2. The third-order valence-corrected chi connectivity index (χ3v) is 4.85. The van der Waals surface area contributed by atoms with Gasteiger partial charge in [-0.05, 0) is 41.1 Å². The van der Waals surface area contributed by atoms with Crippen molar-refractivity contribution in [2.75, 3.05) is 0 Å². The summed E-state index contributed by atoms with van der Waals surface area (Å²) in [7, 11) is 0. The predicted octanol–water partition coefficient (Wildman–Crippen LogP) is 3.29. The molecule has 2 aromatic rings. The molecule has 2 rings (SSSR count). The van der Waals surface area contributed by atoms with E-state index < -0.39 is 35.5 Å². The van der Waals surface area contributed by atoms with E-state index >= 15 is 0 Å². The molecule has 0 bridgehead atoms. The van der Waals surface area contributed by atoms with Crippen LogP contribution < -0.4 is 10.6 Å². The van der Waals surface area contributed by atoms with Crippen LogP contribution in [0.4, 0.5) is 8.78 Å². The summed E-state index contributed by atoms with van der Waals surface area (Å²) in [5.41, 5.74) is -0.155. The van der Waals surface area contributed by atoms with E-state index in [9.17, 15) is 18.4 Å². The Kier molecular flexibility index (Phi) is 6.22. The second-order valence-electron chi connectivity index (χ2n) is 5.04. The number of halogens is 3. The van der Waals surface area contributed by atoms with Gasteiger partial charge in [0.15, 0.2) is 0 Å². The number of hydrogen-bond donors (Lipinski definition) is 2. The number of thiophene rings is 1. The molecule has 0 aliphatic carbocycles. The summed E-state index contributed by atoms with van der Waals surface area (Å²) < 4.78 is 27.5. The Balaban J connectivity index is 2.03. The molecule has 25 heavy (non-hydrogen) atoms. The number of nitrogens with one attached hydrogen (secondary N) is 2. The molecule has 0 aliphatic rings. The van der Waals surface area contributed by atoms with E-state index in [2.05, 4.69) is 26.6 Å². The maximum absolute atomic E-state index is 13.8. The van der Waals surface area contributed by atoms with Crippen molar-refractivity contribution in [1.29, 1.82) is 5.26 Å². The summed E-state index contributed by atoms with van der Waals surface area (Å²) in [6.45, 7) is 1.44. The highest BCUT2D eigenvalue weighted by molar-refractivity contribution is 9.11. The molecule has 1 aromatic heterocycles. The highest BCUT2D eigenvalue weighted by Crippen LogP contribution is 2.22. The van der Waals surface area contributed by atoms with Gasteiger partial charge in [-0.3, -0.25) is 9.59 Å². The van der Waals surface area contributed by atoms with Gasteiger partial charge in [-0.25, -0.2) is 8.78 Å². The Morgan fingerprint density at radius 2 is 1.96 bits per heavy atom. The van der Waals surface area contributed by atoms with Crippen molar-refractivity contribution >= 4 is 39.1 Å². The largest absolute Gasteiger partial charge is 0.340 e. The fraction of sp³-hybridized carbons (Fsp3) is 0.188. The third-order valence-electron chi connectivity index (χ3n) is 3.23. The molecule has 0 saturated heterocycles. The quantitative estimate of drug-likeness (QED) is 0.767. The molecule has 2 amide bonds. The number of carbonyl (C=O) groups is 2. The summed E-state index contributed by atoms with van der Waals surface area (Å²) in [5.74, 6) is -2.84. The first kappa shape index (κ1) is 19.0. The van der Waals surface area contributed by atoms with Gasteiger partial charge in [0.05, 0.1) is 14.7 Å². The van der Waals surface area contributed by atoms with Gasteiger partial charge in [0, 0.05) is 11.6 Å². The smallest absolute Gasteiger partial charge is 0.262 e. The molecule has 2 atom stereocenters. The van der Waals surface area contributed by atoms with Crippen molar-refractivity contribution in [3.8, 4) is 6.07 Å². The summed E-state index contributed by atoms with van der Waals surface area (Å²) in [4.78, 5) is 24.6. The van der Waals surface area contributed by atoms with Crippen molar-refractivity contribution < 1.29 is 18.4 Å². The van der Waals surface area contributed by atoms with Gasteiger partial charge in [0.1, 0.15) is 23.7 Å². The minimum Gasteiger partial charge on any atom is -0.340 e. The molecular weight excluding hydrogens is 416 g/mol. The van der Waals surface area contributed by atoms with Crippen LogP contribution >= 0.6 is 27.3 Å². The van der Waals surface area contributed by atoms with Crippen LogP contribution in [0.2, 0.25) is 0 Å². The summed E-state index contributed by atoms with van der Waals surface area (Å²) in [6, 6.07) is 5.50. The lowest BCUT2D eigenvalue weighted by Crippen LogP contribution is -2.45. The highest BCUT2D eigenvalue weighted by atomic mass is 79.9. The SMILES string of the molecule is CC(NC(=O)c1ccc(Br)s1)C(=O)NC(C#N)c1ccc(F)cc1F. The van der Waals surface area contributed by atoms with E-state index in [1.807, 2.05) is 0 Å². The molecular formula is C16H12BrF2N3O2S. The first-order valence-electron chi connectivity index (χ1n) is 7.03. The molecule has 0 aliphatic heterocycles. The van der Waals surface area contributed by atoms with Gasteiger partial charge in [-0.1, -0.05) is 6.07 Å². The number of hydrogen-bond acceptors (Lipinski definition) is 4. The van der Waals surface area contributed by atoms with E-state index in [1.165, 1.54) is 18.3 Å². The lowest BCUT2D eigenvalue weighted by atomic mass is 10.1. The van der Waals surface area contributed by atoms with Crippen LogP contribution in [-0.2, 0) is 4.79 Å². The van der Waals surface area contributed by atoms with Crippen LogP contribution in [0.25, 0.3) is 0 Å².